The third-order valence-corrected chi connectivity index (χ3v) is 4.99. The Morgan fingerprint density at radius 1 is 0.960 bits per heavy atom. The van der Waals surface area contributed by atoms with E-state index in [0.717, 1.165) is 6.54 Å². The Hall–Kier alpha value is -1.91. The van der Waals surface area contributed by atoms with Gasteiger partial charge >= 0.3 is 0 Å². The van der Waals surface area contributed by atoms with Crippen LogP contribution in [0.2, 0.25) is 0 Å². The van der Waals surface area contributed by atoms with Crippen LogP contribution in [0.25, 0.3) is 0 Å². The van der Waals surface area contributed by atoms with Crippen LogP contribution < -0.4 is 10.4 Å². The van der Waals surface area contributed by atoms with Crippen LogP contribution in [-0.2, 0) is 6.42 Å². The first-order valence-electron chi connectivity index (χ1n) is 9.30. The van der Waals surface area contributed by atoms with Crippen LogP contribution >= 0.6 is 0 Å². The first-order chi connectivity index (χ1) is 12.3. The number of hydrogen-bond acceptors (Lipinski definition) is 3. The number of nitrogens with one attached hydrogen (secondary N) is 1. The molecule has 4 rings (SSSR count). The summed E-state index contributed by atoms with van der Waals surface area (Å²) in [6.45, 7) is 7.05. The molecular formula is C21H28FN3. The molecule has 2 aromatic carbocycles. The molecule has 2 heterocycles. The fourth-order valence-electron chi connectivity index (χ4n) is 3.49. The summed E-state index contributed by atoms with van der Waals surface area (Å²) in [6, 6.07) is 17.3. The van der Waals surface area contributed by atoms with Crippen molar-refractivity contribution in [1.82, 2.24) is 10.3 Å². The highest BCUT2D eigenvalue weighted by Gasteiger charge is 2.23. The summed E-state index contributed by atoms with van der Waals surface area (Å²) in [5.74, 6) is -0.178. The van der Waals surface area contributed by atoms with Crippen LogP contribution in [0, 0.1) is 5.82 Å². The predicted molar refractivity (Wildman–Crippen MR) is 102 cm³/mol. The van der Waals surface area contributed by atoms with Crippen LogP contribution in [0.15, 0.2) is 54.6 Å². The van der Waals surface area contributed by atoms with E-state index in [1.165, 1.54) is 62.3 Å². The van der Waals surface area contributed by atoms with Crippen LogP contribution in [0.3, 0.4) is 0 Å². The maximum atomic E-state index is 11.9. The quantitative estimate of drug-likeness (QED) is 0.914. The van der Waals surface area contributed by atoms with Gasteiger partial charge in [0.05, 0.1) is 5.69 Å². The molecule has 0 amide bonds. The van der Waals surface area contributed by atoms with E-state index in [4.69, 9.17) is 0 Å². The van der Waals surface area contributed by atoms with E-state index >= 15 is 0 Å². The fraction of sp³-hybridized carbons (Fsp3) is 0.429. The monoisotopic (exact) mass is 341 g/mol. The molecule has 134 valence electrons. The van der Waals surface area contributed by atoms with Gasteiger partial charge in [-0.15, -0.1) is 0 Å². The van der Waals surface area contributed by atoms with Crippen LogP contribution in [0.1, 0.15) is 25.3 Å². The molecule has 3 nitrogen and oxygen atoms in total. The zero-order valence-electron chi connectivity index (χ0n) is 15.0. The summed E-state index contributed by atoms with van der Waals surface area (Å²) in [6.07, 6.45) is 3.72. The van der Waals surface area contributed by atoms with Gasteiger partial charge in [-0.05, 0) is 62.7 Å². The number of anilines is 1. The van der Waals surface area contributed by atoms with Gasteiger partial charge in [0, 0.05) is 12.6 Å². The first kappa shape index (κ1) is 17.9. The van der Waals surface area contributed by atoms with Gasteiger partial charge in [-0.25, -0.2) is 9.82 Å². The van der Waals surface area contributed by atoms with E-state index in [9.17, 15) is 4.39 Å². The van der Waals surface area contributed by atoms with Crippen molar-refractivity contribution < 1.29 is 4.39 Å². The molecule has 1 N–H and O–H groups in total. The molecule has 1 saturated heterocycles. The van der Waals surface area contributed by atoms with Crippen molar-refractivity contribution in [2.75, 3.05) is 31.2 Å². The third kappa shape index (κ3) is 5.03. The van der Waals surface area contributed by atoms with E-state index in [-0.39, 0.29) is 5.82 Å². The lowest BCUT2D eigenvalue weighted by molar-refractivity contribution is 0.205. The number of benzene rings is 2. The molecule has 0 radical (unpaired) electrons. The van der Waals surface area contributed by atoms with Crippen molar-refractivity contribution in [3.05, 3.63) is 66.0 Å². The second kappa shape index (κ2) is 8.97. The molecule has 0 saturated carbocycles. The Bertz CT molecular complexity index is 639. The second-order valence-corrected chi connectivity index (χ2v) is 6.66. The van der Waals surface area contributed by atoms with Crippen LogP contribution in [0.4, 0.5) is 10.1 Å². The standard InChI is InChI=1S/C15H23N3.C6H5F/c1-2-17-10-8-14(9-11-17)16-18-12-7-13-5-3-4-6-15(13)18;7-6-4-2-1-3-5-6/h3-6,14,16H,2,7-12H2,1H3;1-5H. The summed E-state index contributed by atoms with van der Waals surface area (Å²) in [5, 5.41) is 2.36. The number of hydrazine groups is 1. The van der Waals surface area contributed by atoms with Gasteiger partial charge in [-0.3, -0.25) is 0 Å². The smallest absolute Gasteiger partial charge is 0.123 e. The molecular weight excluding hydrogens is 313 g/mol. The Labute approximate surface area is 150 Å². The predicted octanol–water partition coefficient (Wildman–Crippen LogP) is 3.86. The molecule has 0 aromatic heterocycles. The second-order valence-electron chi connectivity index (χ2n) is 6.66. The third-order valence-electron chi connectivity index (χ3n) is 4.99. The van der Waals surface area contributed by atoms with E-state index < -0.39 is 0 Å². The highest BCUT2D eigenvalue weighted by molar-refractivity contribution is 5.56. The molecule has 0 aliphatic carbocycles. The molecule has 2 aromatic rings. The summed E-state index contributed by atoms with van der Waals surface area (Å²) >= 11 is 0. The van der Waals surface area contributed by atoms with Crippen molar-refractivity contribution in [2.45, 2.75) is 32.2 Å². The Balaban J connectivity index is 0.000000219. The molecule has 0 spiro atoms. The Morgan fingerprint density at radius 2 is 1.64 bits per heavy atom. The van der Waals surface area contributed by atoms with Gasteiger partial charge < -0.3 is 9.91 Å². The van der Waals surface area contributed by atoms with Gasteiger partial charge in [-0.2, -0.15) is 0 Å². The number of nitrogens with zero attached hydrogens (tertiary/aromatic N) is 2. The number of halogens is 1. The Morgan fingerprint density at radius 3 is 2.28 bits per heavy atom. The fourth-order valence-corrected chi connectivity index (χ4v) is 3.49. The summed E-state index contributed by atoms with van der Waals surface area (Å²) < 4.78 is 11.9. The van der Waals surface area contributed by atoms with E-state index in [2.05, 4.69) is 46.5 Å². The maximum Gasteiger partial charge on any atom is 0.123 e. The van der Waals surface area contributed by atoms with E-state index in [1.807, 2.05) is 0 Å². The normalized spacial score (nSPS) is 17.8. The average molecular weight is 341 g/mol. The number of hydrogen-bond donors (Lipinski definition) is 1. The maximum absolute atomic E-state index is 11.9. The highest BCUT2D eigenvalue weighted by Crippen LogP contribution is 2.26. The highest BCUT2D eigenvalue weighted by atomic mass is 19.1. The van der Waals surface area contributed by atoms with E-state index in [1.54, 1.807) is 18.2 Å². The molecule has 0 unspecified atom stereocenters. The first-order valence-corrected chi connectivity index (χ1v) is 9.30. The minimum Gasteiger partial charge on any atom is -0.308 e. The number of likely N-dealkylation sites (tertiary alicyclic amines) is 1. The SMILES string of the molecule is CCN1CCC(NN2CCc3ccccc32)CC1.Fc1ccccc1. The summed E-state index contributed by atoms with van der Waals surface area (Å²) in [4.78, 5) is 2.54. The zero-order valence-corrected chi connectivity index (χ0v) is 15.0. The van der Waals surface area contributed by atoms with E-state index in [0.29, 0.717) is 6.04 Å². The number of rotatable bonds is 3. The van der Waals surface area contributed by atoms with Crippen molar-refractivity contribution in [2.24, 2.45) is 0 Å². The number of fused-ring (bicyclic) bond motifs is 1. The lowest BCUT2D eigenvalue weighted by Crippen LogP contribution is -2.49. The minimum atomic E-state index is -0.178. The molecule has 0 bridgehead atoms. The molecule has 0 atom stereocenters. The number of piperidine rings is 1. The van der Waals surface area contributed by atoms with Gasteiger partial charge in [-0.1, -0.05) is 43.3 Å². The molecule has 1 fully saturated rings. The molecule has 25 heavy (non-hydrogen) atoms. The molecule has 2 aliphatic heterocycles. The van der Waals surface area contributed by atoms with Crippen molar-refractivity contribution in [1.29, 1.82) is 0 Å². The van der Waals surface area contributed by atoms with Crippen LogP contribution in [-0.4, -0.2) is 37.1 Å². The van der Waals surface area contributed by atoms with Gasteiger partial charge in [0.2, 0.25) is 0 Å². The van der Waals surface area contributed by atoms with Crippen LogP contribution in [0.5, 0.6) is 0 Å². The van der Waals surface area contributed by atoms with Gasteiger partial charge in [0.15, 0.2) is 0 Å². The zero-order chi connectivity index (χ0) is 17.5. The summed E-state index contributed by atoms with van der Waals surface area (Å²) in [5.41, 5.74) is 6.59. The molecule has 2 aliphatic rings. The lowest BCUT2D eigenvalue weighted by Gasteiger charge is -2.34. The lowest BCUT2D eigenvalue weighted by atomic mass is 10.1. The minimum absolute atomic E-state index is 0.178. The Kier molecular flexibility index (Phi) is 6.42. The number of para-hydroxylation sites is 1. The van der Waals surface area contributed by atoms with Gasteiger partial charge in [0.1, 0.15) is 5.82 Å². The van der Waals surface area contributed by atoms with Gasteiger partial charge in [0.25, 0.3) is 0 Å². The van der Waals surface area contributed by atoms with Crippen molar-refractivity contribution >= 4 is 5.69 Å². The largest absolute Gasteiger partial charge is 0.308 e. The van der Waals surface area contributed by atoms with Crippen molar-refractivity contribution in [3.8, 4) is 0 Å². The summed E-state index contributed by atoms with van der Waals surface area (Å²) in [7, 11) is 0. The topological polar surface area (TPSA) is 18.5 Å². The average Bonchev–Trinajstić information content (AvgIpc) is 3.07. The van der Waals surface area contributed by atoms with Crippen molar-refractivity contribution in [3.63, 3.8) is 0 Å². The molecule has 4 heteroatoms.